The summed E-state index contributed by atoms with van der Waals surface area (Å²) in [5, 5.41) is 0. The molecule has 0 radical (unpaired) electrons. The summed E-state index contributed by atoms with van der Waals surface area (Å²) in [4.78, 5) is 23.4. The van der Waals surface area contributed by atoms with Crippen molar-refractivity contribution in [1.29, 1.82) is 0 Å². The van der Waals surface area contributed by atoms with Gasteiger partial charge < -0.3 is 0 Å². The van der Waals surface area contributed by atoms with Crippen LogP contribution in [0.3, 0.4) is 0 Å². The van der Waals surface area contributed by atoms with Crippen molar-refractivity contribution in [3.8, 4) is 0 Å². The highest BCUT2D eigenvalue weighted by Crippen LogP contribution is 2.23. The van der Waals surface area contributed by atoms with Crippen LogP contribution in [0, 0.1) is 0 Å². The molecule has 1 aliphatic rings. The summed E-state index contributed by atoms with van der Waals surface area (Å²) in [6.45, 7) is 5.63. The third-order valence-electron chi connectivity index (χ3n) is 4.11. The average Bonchev–Trinajstić information content (AvgIpc) is 2.60. The molecule has 1 saturated heterocycles. The molecule has 4 heteroatoms. The van der Waals surface area contributed by atoms with E-state index in [1.807, 2.05) is 36.4 Å². The summed E-state index contributed by atoms with van der Waals surface area (Å²) in [5.74, 6) is 0.111. The average molecular weight is 319 g/mol. The van der Waals surface area contributed by atoms with E-state index in [1.165, 1.54) is 0 Å². The maximum atomic E-state index is 12.9. The second-order valence-corrected chi connectivity index (χ2v) is 6.24. The SMILES string of the molecule is CC(C)N1C/C(=C/c2cccnc2)C(=O)/C(=C/c2cccnc2)C1. The van der Waals surface area contributed by atoms with Gasteiger partial charge in [-0.25, -0.2) is 0 Å². The molecule has 0 spiro atoms. The molecule has 3 heterocycles. The lowest BCUT2D eigenvalue weighted by molar-refractivity contribution is -0.113. The molecule has 2 aromatic heterocycles. The molecule has 0 aromatic carbocycles. The highest BCUT2D eigenvalue weighted by molar-refractivity contribution is 6.14. The van der Waals surface area contributed by atoms with Gasteiger partial charge in [0.1, 0.15) is 0 Å². The van der Waals surface area contributed by atoms with Crippen molar-refractivity contribution < 1.29 is 4.79 Å². The van der Waals surface area contributed by atoms with E-state index in [-0.39, 0.29) is 5.78 Å². The van der Waals surface area contributed by atoms with Crippen LogP contribution in [0.5, 0.6) is 0 Å². The minimum atomic E-state index is 0.111. The number of rotatable bonds is 3. The van der Waals surface area contributed by atoms with Crippen LogP contribution >= 0.6 is 0 Å². The van der Waals surface area contributed by atoms with E-state index in [2.05, 4.69) is 28.7 Å². The largest absolute Gasteiger partial charge is 0.292 e. The molecule has 3 rings (SSSR count). The van der Waals surface area contributed by atoms with Crippen LogP contribution in [-0.2, 0) is 4.79 Å². The van der Waals surface area contributed by atoms with Gasteiger partial charge in [-0.2, -0.15) is 0 Å². The lowest BCUT2D eigenvalue weighted by Gasteiger charge is -2.32. The maximum absolute atomic E-state index is 12.9. The molecule has 1 aliphatic heterocycles. The number of piperidine rings is 1. The van der Waals surface area contributed by atoms with Gasteiger partial charge in [0.15, 0.2) is 5.78 Å². The Bertz CT molecular complexity index is 702. The molecule has 0 bridgehead atoms. The molecule has 0 saturated carbocycles. The van der Waals surface area contributed by atoms with Crippen LogP contribution in [0.4, 0.5) is 0 Å². The Kier molecular flexibility index (Phi) is 4.96. The van der Waals surface area contributed by atoms with Crippen molar-refractivity contribution in [3.63, 3.8) is 0 Å². The minimum absolute atomic E-state index is 0.111. The van der Waals surface area contributed by atoms with Crippen molar-refractivity contribution in [2.75, 3.05) is 13.1 Å². The smallest absolute Gasteiger partial charge is 0.187 e. The van der Waals surface area contributed by atoms with Crippen molar-refractivity contribution in [1.82, 2.24) is 14.9 Å². The van der Waals surface area contributed by atoms with E-state index in [9.17, 15) is 4.79 Å². The van der Waals surface area contributed by atoms with Gasteiger partial charge in [0, 0.05) is 55.1 Å². The maximum Gasteiger partial charge on any atom is 0.187 e. The number of carbonyl (C=O) groups excluding carboxylic acids is 1. The topological polar surface area (TPSA) is 46.1 Å². The lowest BCUT2D eigenvalue weighted by atomic mass is 9.94. The minimum Gasteiger partial charge on any atom is -0.292 e. The molecule has 2 aromatic rings. The Morgan fingerprint density at radius 2 is 1.46 bits per heavy atom. The first-order chi connectivity index (χ1) is 11.6. The van der Waals surface area contributed by atoms with E-state index >= 15 is 0 Å². The number of carbonyl (C=O) groups is 1. The molecule has 0 amide bonds. The van der Waals surface area contributed by atoms with Gasteiger partial charge in [0.05, 0.1) is 0 Å². The van der Waals surface area contributed by atoms with Gasteiger partial charge in [-0.05, 0) is 49.3 Å². The standard InChI is InChI=1S/C20H21N3O/c1-15(2)23-13-18(9-16-5-3-7-21-11-16)20(24)19(14-23)10-17-6-4-8-22-12-17/h3-12,15H,13-14H2,1-2H3/b18-9-,19-10+. The van der Waals surface area contributed by atoms with Crippen LogP contribution in [0.15, 0.2) is 60.2 Å². The summed E-state index contributed by atoms with van der Waals surface area (Å²) < 4.78 is 0. The molecule has 0 N–H and O–H groups in total. The molecule has 122 valence electrons. The summed E-state index contributed by atoms with van der Waals surface area (Å²) in [7, 11) is 0. The molecule has 0 aliphatic carbocycles. The number of hydrogen-bond donors (Lipinski definition) is 0. The van der Waals surface area contributed by atoms with Crippen molar-refractivity contribution >= 4 is 17.9 Å². The monoisotopic (exact) mass is 319 g/mol. The first-order valence-corrected chi connectivity index (χ1v) is 8.13. The molecular weight excluding hydrogens is 298 g/mol. The van der Waals surface area contributed by atoms with Crippen LogP contribution in [0.1, 0.15) is 25.0 Å². The lowest BCUT2D eigenvalue weighted by Crippen LogP contribution is -2.41. The zero-order valence-corrected chi connectivity index (χ0v) is 14.0. The van der Waals surface area contributed by atoms with Crippen LogP contribution in [0.25, 0.3) is 12.2 Å². The summed E-state index contributed by atoms with van der Waals surface area (Å²) in [6, 6.07) is 8.06. The number of hydrogen-bond acceptors (Lipinski definition) is 4. The Hall–Kier alpha value is -2.59. The van der Waals surface area contributed by atoms with Gasteiger partial charge >= 0.3 is 0 Å². The number of likely N-dealkylation sites (tertiary alicyclic amines) is 1. The van der Waals surface area contributed by atoms with E-state index in [0.29, 0.717) is 19.1 Å². The van der Waals surface area contributed by atoms with Gasteiger partial charge in [-0.3, -0.25) is 19.7 Å². The number of ketones is 1. The van der Waals surface area contributed by atoms with Crippen molar-refractivity contribution in [2.45, 2.75) is 19.9 Å². The summed E-state index contributed by atoms with van der Waals surface area (Å²) in [6.07, 6.45) is 10.9. The highest BCUT2D eigenvalue weighted by atomic mass is 16.1. The fourth-order valence-electron chi connectivity index (χ4n) is 2.76. The predicted octanol–water partition coefficient (Wildman–Crippen LogP) is 3.24. The van der Waals surface area contributed by atoms with E-state index < -0.39 is 0 Å². The summed E-state index contributed by atoms with van der Waals surface area (Å²) in [5.41, 5.74) is 3.51. The number of Topliss-reactive ketones (excluding diaryl/α,β-unsaturated/α-hetero) is 1. The van der Waals surface area contributed by atoms with Crippen LogP contribution in [0.2, 0.25) is 0 Å². The van der Waals surface area contributed by atoms with E-state index in [0.717, 1.165) is 22.3 Å². The van der Waals surface area contributed by atoms with Crippen LogP contribution in [-0.4, -0.2) is 39.8 Å². The second kappa shape index (κ2) is 7.32. The van der Waals surface area contributed by atoms with Crippen LogP contribution < -0.4 is 0 Å². The zero-order valence-electron chi connectivity index (χ0n) is 14.0. The van der Waals surface area contributed by atoms with E-state index in [1.54, 1.807) is 24.8 Å². The Morgan fingerprint density at radius 3 is 1.83 bits per heavy atom. The Labute approximate surface area is 142 Å². The first-order valence-electron chi connectivity index (χ1n) is 8.13. The van der Waals surface area contributed by atoms with Gasteiger partial charge in [-0.15, -0.1) is 0 Å². The van der Waals surface area contributed by atoms with Gasteiger partial charge in [0.25, 0.3) is 0 Å². The van der Waals surface area contributed by atoms with E-state index in [4.69, 9.17) is 0 Å². The molecular formula is C20H21N3O. The number of pyridine rings is 2. The molecule has 1 fully saturated rings. The summed E-state index contributed by atoms with van der Waals surface area (Å²) >= 11 is 0. The normalized spacial score (nSPS) is 19.4. The van der Waals surface area contributed by atoms with Gasteiger partial charge in [0.2, 0.25) is 0 Å². The Balaban J connectivity index is 1.96. The zero-order chi connectivity index (χ0) is 16.9. The highest BCUT2D eigenvalue weighted by Gasteiger charge is 2.27. The molecule has 4 nitrogen and oxygen atoms in total. The van der Waals surface area contributed by atoms with Crippen molar-refractivity contribution in [3.05, 3.63) is 71.3 Å². The fourth-order valence-corrected chi connectivity index (χ4v) is 2.76. The van der Waals surface area contributed by atoms with Crippen molar-refractivity contribution in [2.24, 2.45) is 0 Å². The fraction of sp³-hybridized carbons (Fsp3) is 0.250. The third-order valence-corrected chi connectivity index (χ3v) is 4.11. The number of nitrogens with zero attached hydrogens (tertiary/aromatic N) is 3. The molecule has 24 heavy (non-hydrogen) atoms. The first kappa shape index (κ1) is 16.3. The third kappa shape index (κ3) is 3.84. The Morgan fingerprint density at radius 1 is 0.958 bits per heavy atom. The molecule has 0 atom stereocenters. The second-order valence-electron chi connectivity index (χ2n) is 6.24. The predicted molar refractivity (Wildman–Crippen MR) is 96.1 cm³/mol. The van der Waals surface area contributed by atoms with Gasteiger partial charge in [-0.1, -0.05) is 12.1 Å². The number of aromatic nitrogens is 2. The quantitative estimate of drug-likeness (QED) is 0.815. The molecule has 0 unspecified atom stereocenters.